The first-order valence-corrected chi connectivity index (χ1v) is 18.3. The second kappa shape index (κ2) is 33.5. The molecule has 0 aliphatic heterocycles. The topological polar surface area (TPSA) is 89.8 Å². The molecule has 0 aliphatic carbocycles. The van der Waals surface area contributed by atoms with Gasteiger partial charge in [0.05, 0.1) is 18.8 Å². The molecule has 0 spiro atoms. The van der Waals surface area contributed by atoms with E-state index in [0.717, 1.165) is 44.9 Å². The van der Waals surface area contributed by atoms with Crippen molar-refractivity contribution in [3.63, 3.8) is 0 Å². The Morgan fingerprint density at radius 3 is 1.51 bits per heavy atom. The van der Waals surface area contributed by atoms with Crippen molar-refractivity contribution < 1.29 is 20.1 Å². The van der Waals surface area contributed by atoms with Gasteiger partial charge in [-0.1, -0.05) is 159 Å². The maximum absolute atomic E-state index is 12.4. The number of allylic oxidation sites excluding steroid dienone is 5. The predicted octanol–water partition coefficient (Wildman–Crippen LogP) is 9.65. The second-order valence-electron chi connectivity index (χ2n) is 12.4. The van der Waals surface area contributed by atoms with Crippen molar-refractivity contribution in [1.82, 2.24) is 5.32 Å². The van der Waals surface area contributed by atoms with Crippen LogP contribution in [0.2, 0.25) is 0 Å². The van der Waals surface area contributed by atoms with Crippen LogP contribution in [0.4, 0.5) is 0 Å². The molecule has 0 fully saturated rings. The summed E-state index contributed by atoms with van der Waals surface area (Å²) in [5.41, 5.74) is 0. The summed E-state index contributed by atoms with van der Waals surface area (Å²) in [4.78, 5) is 12.4. The SMILES string of the molecule is CCCCC/C=C\C/C=C\CCCCCCCCC(O)C(=O)NC(CO)C(O)/C=C/CCCCCCCCCCCCC. The highest BCUT2D eigenvalue weighted by molar-refractivity contribution is 5.80. The summed E-state index contributed by atoms with van der Waals surface area (Å²) in [6.45, 7) is 4.12. The summed E-state index contributed by atoms with van der Waals surface area (Å²) in [5, 5.41) is 32.9. The highest BCUT2D eigenvalue weighted by atomic mass is 16.3. The fourth-order valence-electron chi connectivity index (χ4n) is 5.27. The second-order valence-corrected chi connectivity index (χ2v) is 12.4. The maximum atomic E-state index is 12.4. The van der Waals surface area contributed by atoms with Crippen LogP contribution >= 0.6 is 0 Å². The zero-order valence-electron chi connectivity index (χ0n) is 28.3. The molecule has 1 amide bonds. The molecule has 5 nitrogen and oxygen atoms in total. The number of hydrogen-bond donors (Lipinski definition) is 4. The fourth-order valence-corrected chi connectivity index (χ4v) is 5.27. The average Bonchev–Trinajstić information content (AvgIpc) is 3.01. The molecular formula is C38H71NO4. The summed E-state index contributed by atoms with van der Waals surface area (Å²) in [6.07, 6.45) is 40.1. The van der Waals surface area contributed by atoms with E-state index >= 15 is 0 Å². The number of unbranched alkanes of at least 4 members (excludes halogenated alkanes) is 20. The lowest BCUT2D eigenvalue weighted by molar-refractivity contribution is -0.131. The van der Waals surface area contributed by atoms with Crippen molar-refractivity contribution in [2.75, 3.05) is 6.61 Å². The van der Waals surface area contributed by atoms with Gasteiger partial charge < -0.3 is 20.6 Å². The van der Waals surface area contributed by atoms with Gasteiger partial charge in [-0.3, -0.25) is 4.79 Å². The Morgan fingerprint density at radius 2 is 1.00 bits per heavy atom. The monoisotopic (exact) mass is 606 g/mol. The molecule has 0 rings (SSSR count). The third-order valence-corrected chi connectivity index (χ3v) is 8.23. The average molecular weight is 606 g/mol. The Hall–Kier alpha value is -1.43. The van der Waals surface area contributed by atoms with Gasteiger partial charge in [0, 0.05) is 0 Å². The van der Waals surface area contributed by atoms with Gasteiger partial charge in [-0.15, -0.1) is 0 Å². The smallest absolute Gasteiger partial charge is 0.249 e. The van der Waals surface area contributed by atoms with Gasteiger partial charge in [0.25, 0.3) is 0 Å². The third kappa shape index (κ3) is 29.1. The molecule has 0 radical (unpaired) electrons. The molecule has 0 heterocycles. The van der Waals surface area contributed by atoms with Gasteiger partial charge in [-0.2, -0.15) is 0 Å². The van der Waals surface area contributed by atoms with Crippen LogP contribution in [0, 0.1) is 0 Å². The Bertz CT molecular complexity index is 675. The van der Waals surface area contributed by atoms with Crippen LogP contribution in [0.3, 0.4) is 0 Å². The molecule has 0 aliphatic rings. The van der Waals surface area contributed by atoms with E-state index in [2.05, 4.69) is 43.5 Å². The summed E-state index contributed by atoms with van der Waals surface area (Å²) in [5.74, 6) is -0.514. The van der Waals surface area contributed by atoms with E-state index in [4.69, 9.17) is 0 Å². The van der Waals surface area contributed by atoms with Crippen LogP contribution in [0.25, 0.3) is 0 Å². The van der Waals surface area contributed by atoms with Crippen LogP contribution in [-0.2, 0) is 4.79 Å². The fraction of sp³-hybridized carbons (Fsp3) is 0.816. The van der Waals surface area contributed by atoms with Crippen molar-refractivity contribution in [3.8, 4) is 0 Å². The molecule has 3 unspecified atom stereocenters. The lowest BCUT2D eigenvalue weighted by atomic mass is 10.0. The van der Waals surface area contributed by atoms with E-state index in [1.165, 1.54) is 109 Å². The van der Waals surface area contributed by atoms with Gasteiger partial charge in [0.2, 0.25) is 5.91 Å². The minimum absolute atomic E-state index is 0.368. The van der Waals surface area contributed by atoms with Crippen molar-refractivity contribution in [3.05, 3.63) is 36.5 Å². The Morgan fingerprint density at radius 1 is 0.581 bits per heavy atom. The number of rotatable bonds is 32. The van der Waals surface area contributed by atoms with E-state index < -0.39 is 24.2 Å². The summed E-state index contributed by atoms with van der Waals surface area (Å²) < 4.78 is 0. The number of carbonyl (C=O) groups excluding carboxylic acids is 1. The number of aliphatic hydroxyl groups excluding tert-OH is 3. The number of carbonyl (C=O) groups is 1. The summed E-state index contributed by atoms with van der Waals surface area (Å²) in [7, 11) is 0. The van der Waals surface area contributed by atoms with Crippen LogP contribution < -0.4 is 5.32 Å². The number of aliphatic hydroxyl groups is 3. The maximum Gasteiger partial charge on any atom is 0.249 e. The van der Waals surface area contributed by atoms with Crippen molar-refractivity contribution in [2.24, 2.45) is 0 Å². The zero-order chi connectivity index (χ0) is 31.6. The van der Waals surface area contributed by atoms with E-state index in [0.29, 0.717) is 6.42 Å². The first kappa shape index (κ1) is 41.6. The lowest BCUT2D eigenvalue weighted by Gasteiger charge is -2.21. The highest BCUT2D eigenvalue weighted by Gasteiger charge is 2.22. The largest absolute Gasteiger partial charge is 0.394 e. The number of nitrogens with one attached hydrogen (secondary N) is 1. The molecule has 0 aromatic heterocycles. The summed E-state index contributed by atoms with van der Waals surface area (Å²) >= 11 is 0. The van der Waals surface area contributed by atoms with Crippen LogP contribution in [0.15, 0.2) is 36.5 Å². The molecule has 0 saturated carbocycles. The van der Waals surface area contributed by atoms with Crippen LogP contribution in [-0.4, -0.2) is 46.1 Å². The molecule has 3 atom stereocenters. The van der Waals surface area contributed by atoms with E-state index in [1.54, 1.807) is 6.08 Å². The first-order valence-electron chi connectivity index (χ1n) is 18.3. The first-order chi connectivity index (χ1) is 21.1. The number of hydrogen-bond acceptors (Lipinski definition) is 4. The lowest BCUT2D eigenvalue weighted by Crippen LogP contribution is -2.48. The molecule has 4 N–H and O–H groups in total. The molecule has 0 bridgehead atoms. The molecular weight excluding hydrogens is 534 g/mol. The molecule has 5 heteroatoms. The molecule has 0 saturated heterocycles. The Balaban J connectivity index is 3.79. The Labute approximate surface area is 266 Å². The standard InChI is InChI=1S/C38H71NO4/c1-3-5-7-9-11-13-15-17-18-19-21-23-25-27-29-31-33-37(42)38(43)39-35(34-40)36(41)32-30-28-26-24-22-20-16-14-12-10-8-6-4-2/h11,13,17-18,30,32,35-37,40-42H,3-10,12,14-16,19-29,31,33-34H2,1-2H3,(H,39,43)/b13-11-,18-17-,32-30+. The molecule has 252 valence electrons. The van der Waals surface area contributed by atoms with Crippen molar-refractivity contribution >= 4 is 5.91 Å². The van der Waals surface area contributed by atoms with Crippen LogP contribution in [0.1, 0.15) is 174 Å². The predicted molar refractivity (Wildman–Crippen MR) is 185 cm³/mol. The van der Waals surface area contributed by atoms with Gasteiger partial charge in [-0.05, 0) is 51.4 Å². The zero-order valence-corrected chi connectivity index (χ0v) is 28.3. The quantitative estimate of drug-likeness (QED) is 0.0454. The summed E-state index contributed by atoms with van der Waals surface area (Å²) in [6, 6.07) is -0.799. The van der Waals surface area contributed by atoms with Gasteiger partial charge >= 0.3 is 0 Å². The van der Waals surface area contributed by atoms with Crippen molar-refractivity contribution in [1.29, 1.82) is 0 Å². The van der Waals surface area contributed by atoms with E-state index in [9.17, 15) is 20.1 Å². The van der Waals surface area contributed by atoms with Gasteiger partial charge in [0.1, 0.15) is 6.10 Å². The molecule has 0 aromatic rings. The molecule has 43 heavy (non-hydrogen) atoms. The van der Waals surface area contributed by atoms with Crippen LogP contribution in [0.5, 0.6) is 0 Å². The van der Waals surface area contributed by atoms with Crippen molar-refractivity contribution in [2.45, 2.75) is 193 Å². The Kier molecular flexibility index (Phi) is 32.3. The van der Waals surface area contributed by atoms with Gasteiger partial charge in [-0.25, -0.2) is 0 Å². The van der Waals surface area contributed by atoms with E-state index in [-0.39, 0.29) is 6.61 Å². The number of amides is 1. The third-order valence-electron chi connectivity index (χ3n) is 8.23. The molecule has 0 aromatic carbocycles. The normalized spacial score (nSPS) is 14.3. The van der Waals surface area contributed by atoms with Gasteiger partial charge in [0.15, 0.2) is 0 Å². The van der Waals surface area contributed by atoms with E-state index in [1.807, 2.05) is 6.08 Å². The minimum Gasteiger partial charge on any atom is -0.394 e. The highest BCUT2D eigenvalue weighted by Crippen LogP contribution is 2.13. The minimum atomic E-state index is -1.10.